The molecule has 3 amide bonds. The molecule has 140 valence electrons. The number of H-pyrrole nitrogens is 1. The van der Waals surface area contributed by atoms with Crippen molar-refractivity contribution in [2.75, 3.05) is 13.1 Å². The number of aromatic nitrogens is 1. The van der Waals surface area contributed by atoms with Gasteiger partial charge in [-0.05, 0) is 36.2 Å². The first-order valence-electron chi connectivity index (χ1n) is 9.04. The summed E-state index contributed by atoms with van der Waals surface area (Å²) in [5, 5.41) is 4.02. The lowest BCUT2D eigenvalue weighted by molar-refractivity contribution is 0.0672. The number of nitrogens with zero attached hydrogens (tertiary/aromatic N) is 1. The van der Waals surface area contributed by atoms with E-state index < -0.39 is 5.91 Å². The summed E-state index contributed by atoms with van der Waals surface area (Å²) in [4.78, 5) is 41.5. The molecule has 0 bridgehead atoms. The van der Waals surface area contributed by atoms with Crippen LogP contribution in [0.1, 0.15) is 36.6 Å². The number of rotatable bonds is 6. The van der Waals surface area contributed by atoms with E-state index in [1.54, 1.807) is 6.07 Å². The van der Waals surface area contributed by atoms with E-state index in [9.17, 15) is 14.4 Å². The van der Waals surface area contributed by atoms with Gasteiger partial charge in [0.15, 0.2) is 0 Å². The molecular weight excluding hydrogens is 354 g/mol. The molecule has 3 aromatic rings. The zero-order valence-corrected chi connectivity index (χ0v) is 15.2. The smallest absolute Gasteiger partial charge is 0.261 e. The van der Waals surface area contributed by atoms with Crippen molar-refractivity contribution in [2.45, 2.75) is 6.42 Å². The van der Waals surface area contributed by atoms with Crippen molar-refractivity contribution in [3.8, 4) is 0 Å². The molecular formula is C22H19N3O3. The molecule has 1 aliphatic rings. The molecule has 0 fully saturated rings. The highest BCUT2D eigenvalue weighted by molar-refractivity contribution is 6.22. The van der Waals surface area contributed by atoms with Crippen molar-refractivity contribution >= 4 is 28.6 Å². The van der Waals surface area contributed by atoms with Crippen LogP contribution in [0.2, 0.25) is 0 Å². The fourth-order valence-corrected chi connectivity index (χ4v) is 3.48. The van der Waals surface area contributed by atoms with Crippen LogP contribution in [0.25, 0.3) is 10.9 Å². The topological polar surface area (TPSA) is 82.3 Å². The summed E-state index contributed by atoms with van der Waals surface area (Å²) in [6.45, 7) is 4.18. The molecule has 0 atom stereocenters. The average Bonchev–Trinajstić information content (AvgIpc) is 3.23. The van der Waals surface area contributed by atoms with Gasteiger partial charge in [0.2, 0.25) is 0 Å². The lowest BCUT2D eigenvalue weighted by atomic mass is 10.1. The van der Waals surface area contributed by atoms with E-state index in [4.69, 9.17) is 0 Å². The third-order valence-electron chi connectivity index (χ3n) is 4.90. The van der Waals surface area contributed by atoms with Gasteiger partial charge in [0, 0.05) is 35.8 Å². The highest BCUT2D eigenvalue weighted by Crippen LogP contribution is 2.24. The number of amides is 3. The summed E-state index contributed by atoms with van der Waals surface area (Å²) in [6, 6.07) is 12.6. The number of fused-ring (bicyclic) bond motifs is 2. The van der Waals surface area contributed by atoms with Crippen molar-refractivity contribution in [1.82, 2.24) is 15.2 Å². The average molecular weight is 373 g/mol. The van der Waals surface area contributed by atoms with Crippen molar-refractivity contribution in [3.05, 3.63) is 83.6 Å². The minimum absolute atomic E-state index is 0.151. The molecule has 0 saturated heterocycles. The lowest BCUT2D eigenvalue weighted by Crippen LogP contribution is -2.29. The predicted molar refractivity (Wildman–Crippen MR) is 106 cm³/mol. The van der Waals surface area contributed by atoms with Gasteiger partial charge in [0.25, 0.3) is 17.7 Å². The minimum atomic E-state index is -0.395. The minimum Gasteiger partial charge on any atom is -0.361 e. The second kappa shape index (κ2) is 7.15. The van der Waals surface area contributed by atoms with Gasteiger partial charge in [-0.25, -0.2) is 0 Å². The molecule has 2 heterocycles. The number of hydrogen-bond acceptors (Lipinski definition) is 3. The fourth-order valence-electron chi connectivity index (χ4n) is 3.48. The van der Waals surface area contributed by atoms with Gasteiger partial charge in [0.05, 0.1) is 11.1 Å². The van der Waals surface area contributed by atoms with E-state index in [2.05, 4.69) is 16.9 Å². The Labute approximate surface area is 161 Å². The fraction of sp³-hybridized carbons (Fsp3) is 0.136. The Morgan fingerprint density at radius 2 is 1.89 bits per heavy atom. The molecule has 2 N–H and O–H groups in total. The molecule has 4 rings (SSSR count). The van der Waals surface area contributed by atoms with Gasteiger partial charge in [-0.2, -0.15) is 0 Å². The zero-order chi connectivity index (χ0) is 19.7. The largest absolute Gasteiger partial charge is 0.361 e. The quantitative estimate of drug-likeness (QED) is 0.515. The number of carbonyl (C=O) groups excluding carboxylic acids is 3. The SMILES string of the molecule is C=CCN1C(=O)c2ccc(C(=O)NCCc3c[nH]c4ccccc34)cc2C1=O. The number of imide groups is 1. The molecule has 2 aromatic carbocycles. The summed E-state index contributed by atoms with van der Waals surface area (Å²) in [6.07, 6.45) is 4.13. The van der Waals surface area contributed by atoms with Gasteiger partial charge < -0.3 is 10.3 Å². The normalized spacial score (nSPS) is 13.1. The summed E-state index contributed by atoms with van der Waals surface area (Å²) < 4.78 is 0. The Balaban J connectivity index is 1.44. The first-order valence-corrected chi connectivity index (χ1v) is 9.04. The molecule has 6 heteroatoms. The number of benzene rings is 2. The number of aromatic amines is 1. The molecule has 1 aromatic heterocycles. The summed E-state index contributed by atoms with van der Waals surface area (Å²) in [5.41, 5.74) is 3.14. The lowest BCUT2D eigenvalue weighted by Gasteiger charge is -2.09. The highest BCUT2D eigenvalue weighted by Gasteiger charge is 2.35. The number of nitrogens with one attached hydrogen (secondary N) is 2. The van der Waals surface area contributed by atoms with Crippen molar-refractivity contribution in [2.24, 2.45) is 0 Å². The van der Waals surface area contributed by atoms with Crippen LogP contribution in [-0.4, -0.2) is 40.7 Å². The molecule has 6 nitrogen and oxygen atoms in total. The summed E-state index contributed by atoms with van der Waals surface area (Å²) >= 11 is 0. The Morgan fingerprint density at radius 1 is 1.11 bits per heavy atom. The second-order valence-electron chi connectivity index (χ2n) is 6.64. The molecule has 28 heavy (non-hydrogen) atoms. The van der Waals surface area contributed by atoms with Crippen molar-refractivity contribution in [1.29, 1.82) is 0 Å². The predicted octanol–water partition coefficient (Wildman–Crippen LogP) is 2.92. The molecule has 0 unspecified atom stereocenters. The van der Waals surface area contributed by atoms with Crippen molar-refractivity contribution < 1.29 is 14.4 Å². The van der Waals surface area contributed by atoms with Gasteiger partial charge in [-0.3, -0.25) is 19.3 Å². The monoisotopic (exact) mass is 373 g/mol. The number of carbonyl (C=O) groups is 3. The van der Waals surface area contributed by atoms with E-state index in [0.29, 0.717) is 24.1 Å². The van der Waals surface area contributed by atoms with E-state index >= 15 is 0 Å². The molecule has 0 spiro atoms. The van der Waals surface area contributed by atoms with Crippen LogP contribution >= 0.6 is 0 Å². The van der Waals surface area contributed by atoms with Crippen LogP contribution in [-0.2, 0) is 6.42 Å². The van der Waals surface area contributed by atoms with Gasteiger partial charge >= 0.3 is 0 Å². The summed E-state index contributed by atoms with van der Waals surface area (Å²) in [7, 11) is 0. The van der Waals surface area contributed by atoms with Crippen LogP contribution < -0.4 is 5.32 Å². The molecule has 1 aliphatic heterocycles. The maximum absolute atomic E-state index is 12.5. The van der Waals surface area contributed by atoms with Crippen LogP contribution in [0, 0.1) is 0 Å². The van der Waals surface area contributed by atoms with Gasteiger partial charge in [0.1, 0.15) is 0 Å². The Bertz CT molecular complexity index is 1110. The number of hydrogen-bond donors (Lipinski definition) is 2. The molecule has 0 aliphatic carbocycles. The van der Waals surface area contributed by atoms with Gasteiger partial charge in [-0.1, -0.05) is 24.3 Å². The Hall–Kier alpha value is -3.67. The zero-order valence-electron chi connectivity index (χ0n) is 15.2. The van der Waals surface area contributed by atoms with E-state index in [-0.39, 0.29) is 23.9 Å². The van der Waals surface area contributed by atoms with E-state index in [1.165, 1.54) is 18.2 Å². The van der Waals surface area contributed by atoms with E-state index in [0.717, 1.165) is 21.4 Å². The molecule has 0 radical (unpaired) electrons. The van der Waals surface area contributed by atoms with Crippen LogP contribution in [0.5, 0.6) is 0 Å². The first-order chi connectivity index (χ1) is 13.6. The van der Waals surface area contributed by atoms with Gasteiger partial charge in [-0.15, -0.1) is 6.58 Å². The first kappa shape index (κ1) is 17.7. The Kier molecular flexibility index (Phi) is 4.53. The third-order valence-corrected chi connectivity index (χ3v) is 4.90. The Morgan fingerprint density at radius 3 is 2.71 bits per heavy atom. The second-order valence-corrected chi connectivity index (χ2v) is 6.64. The maximum atomic E-state index is 12.5. The van der Waals surface area contributed by atoms with Crippen molar-refractivity contribution in [3.63, 3.8) is 0 Å². The standard InChI is InChI=1S/C22H19N3O3/c1-2-11-25-21(27)17-8-7-14(12-18(17)22(25)28)20(26)23-10-9-15-13-24-19-6-4-3-5-16(15)19/h2-8,12-13,24H,1,9-11H2,(H,23,26). The third kappa shape index (κ3) is 2.99. The highest BCUT2D eigenvalue weighted by atomic mass is 16.2. The maximum Gasteiger partial charge on any atom is 0.261 e. The van der Waals surface area contributed by atoms with Crippen LogP contribution in [0.15, 0.2) is 61.3 Å². The number of para-hydroxylation sites is 1. The van der Waals surface area contributed by atoms with Crippen LogP contribution in [0.4, 0.5) is 0 Å². The van der Waals surface area contributed by atoms with E-state index in [1.807, 2.05) is 30.5 Å². The van der Waals surface area contributed by atoms with Crippen LogP contribution in [0.3, 0.4) is 0 Å². The summed E-state index contributed by atoms with van der Waals surface area (Å²) in [5.74, 6) is -1.02. The molecule has 0 saturated carbocycles.